The third-order valence-corrected chi connectivity index (χ3v) is 3.00. The van der Waals surface area contributed by atoms with Gasteiger partial charge in [-0.1, -0.05) is 17.6 Å². The van der Waals surface area contributed by atoms with E-state index in [-0.39, 0.29) is 0 Å². The van der Waals surface area contributed by atoms with Crippen LogP contribution in [-0.2, 0) is 0 Å². The van der Waals surface area contributed by atoms with Crippen LogP contribution < -0.4 is 10.8 Å². The van der Waals surface area contributed by atoms with Crippen molar-refractivity contribution in [2.24, 2.45) is 0 Å². The molecule has 0 fully saturated rings. The molecule has 0 aliphatic carbocycles. The van der Waals surface area contributed by atoms with E-state index in [4.69, 9.17) is 12.3 Å². The van der Waals surface area contributed by atoms with Crippen molar-refractivity contribution in [1.82, 2.24) is 0 Å². The molecule has 3 rings (SSSR count). The number of hydrogen-bond donors (Lipinski definition) is 1. The number of nitrogens with one attached hydrogen (secondary N) is 1. The van der Waals surface area contributed by atoms with Gasteiger partial charge in [-0.25, -0.2) is 0 Å². The van der Waals surface area contributed by atoms with Crippen molar-refractivity contribution in [3.05, 3.63) is 48.5 Å². The predicted molar refractivity (Wildman–Crippen MR) is 76.6 cm³/mol. The summed E-state index contributed by atoms with van der Waals surface area (Å²) in [5.41, 5.74) is 3.75. The topological polar surface area (TPSA) is 25.2 Å². The molecule has 2 aromatic carbocycles. The molecule has 86 valence electrons. The number of fused-ring (bicyclic) bond motifs is 1. The molecule has 0 aliphatic rings. The van der Waals surface area contributed by atoms with Crippen LogP contribution in [0.2, 0.25) is 0 Å². The van der Waals surface area contributed by atoms with Crippen molar-refractivity contribution in [3.8, 4) is 11.3 Å². The van der Waals surface area contributed by atoms with Gasteiger partial charge in [0.15, 0.2) is 0 Å². The molecule has 0 unspecified atom stereocenters. The van der Waals surface area contributed by atoms with Gasteiger partial charge in [-0.05, 0) is 36.4 Å². The summed E-state index contributed by atoms with van der Waals surface area (Å²) >= 11 is 0. The first-order valence-corrected chi connectivity index (χ1v) is 5.83. The molecule has 0 atom stereocenters. The van der Waals surface area contributed by atoms with E-state index in [1.54, 1.807) is 0 Å². The third kappa shape index (κ3) is 1.88. The minimum Gasteiger partial charge on any atom is -0.456 e. The average molecular weight is 233 g/mol. The Balaban J connectivity index is 2.07. The Labute approximate surface area is 107 Å². The Morgan fingerprint density at radius 3 is 2.50 bits per heavy atom. The maximum absolute atomic E-state index is 5.81. The van der Waals surface area contributed by atoms with Crippen molar-refractivity contribution in [3.63, 3.8) is 0 Å². The molecule has 1 N–H and O–H groups in total. The van der Waals surface area contributed by atoms with E-state index in [2.05, 4.69) is 5.32 Å². The summed E-state index contributed by atoms with van der Waals surface area (Å²) in [6.07, 6.45) is 0. The molecule has 0 saturated carbocycles. The summed E-state index contributed by atoms with van der Waals surface area (Å²) in [6.45, 7) is 0. The van der Waals surface area contributed by atoms with Crippen LogP contribution >= 0.6 is 0 Å². The Morgan fingerprint density at radius 1 is 1.00 bits per heavy atom. The standard InChI is InChI=1S/C15H12BNO/c1-17-13-5-2-10(3-6-13)15-9-11-8-12(16)4-7-14(11)18-15/h2-9,17H,1H3. The van der Waals surface area contributed by atoms with Crippen LogP contribution in [0, 0.1) is 0 Å². The summed E-state index contributed by atoms with van der Waals surface area (Å²) in [4.78, 5) is 0. The van der Waals surface area contributed by atoms with Crippen molar-refractivity contribution >= 4 is 30.0 Å². The van der Waals surface area contributed by atoms with E-state index in [0.29, 0.717) is 0 Å². The lowest BCUT2D eigenvalue weighted by Crippen LogP contribution is -1.98. The normalized spacial score (nSPS) is 10.7. The van der Waals surface area contributed by atoms with E-state index in [0.717, 1.165) is 33.4 Å². The summed E-state index contributed by atoms with van der Waals surface area (Å²) in [5.74, 6) is 0.859. The largest absolute Gasteiger partial charge is 0.456 e. The van der Waals surface area contributed by atoms with Gasteiger partial charge in [-0.2, -0.15) is 0 Å². The van der Waals surface area contributed by atoms with Crippen LogP contribution in [0.15, 0.2) is 52.9 Å². The first kappa shape index (κ1) is 11.0. The molecular formula is C15H12BNO. The maximum atomic E-state index is 5.81. The monoisotopic (exact) mass is 233 g/mol. The molecule has 2 nitrogen and oxygen atoms in total. The van der Waals surface area contributed by atoms with E-state index in [1.165, 1.54) is 0 Å². The quantitative estimate of drug-likeness (QED) is 0.688. The minimum atomic E-state index is 0.750. The van der Waals surface area contributed by atoms with Gasteiger partial charge in [0, 0.05) is 23.7 Å². The summed E-state index contributed by atoms with van der Waals surface area (Å²) in [6, 6.07) is 15.8. The molecule has 0 aliphatic heterocycles. The lowest BCUT2D eigenvalue weighted by atomic mass is 9.95. The fourth-order valence-corrected chi connectivity index (χ4v) is 2.01. The minimum absolute atomic E-state index is 0.750. The highest BCUT2D eigenvalue weighted by atomic mass is 16.3. The number of anilines is 1. The molecule has 18 heavy (non-hydrogen) atoms. The van der Waals surface area contributed by atoms with Crippen molar-refractivity contribution < 1.29 is 4.42 Å². The lowest BCUT2D eigenvalue weighted by Gasteiger charge is -2.00. The van der Waals surface area contributed by atoms with E-state index < -0.39 is 0 Å². The predicted octanol–water partition coefficient (Wildman–Crippen LogP) is 2.94. The summed E-state index contributed by atoms with van der Waals surface area (Å²) < 4.78 is 5.81. The van der Waals surface area contributed by atoms with Crippen LogP contribution in [0.5, 0.6) is 0 Å². The molecule has 1 heterocycles. The molecule has 3 aromatic rings. The van der Waals surface area contributed by atoms with Gasteiger partial charge in [0.25, 0.3) is 0 Å². The second kappa shape index (κ2) is 4.26. The lowest BCUT2D eigenvalue weighted by molar-refractivity contribution is 0.631. The smallest absolute Gasteiger partial charge is 0.135 e. The zero-order chi connectivity index (χ0) is 12.5. The number of furan rings is 1. The van der Waals surface area contributed by atoms with Gasteiger partial charge < -0.3 is 9.73 Å². The third-order valence-electron chi connectivity index (χ3n) is 3.00. The number of rotatable bonds is 2. The van der Waals surface area contributed by atoms with Gasteiger partial charge in [0.05, 0.1) is 0 Å². The van der Waals surface area contributed by atoms with Gasteiger partial charge >= 0.3 is 0 Å². The Morgan fingerprint density at radius 2 is 1.78 bits per heavy atom. The highest BCUT2D eigenvalue weighted by Gasteiger charge is 2.05. The molecule has 0 bridgehead atoms. The fraction of sp³-hybridized carbons (Fsp3) is 0.0667. The molecular weight excluding hydrogens is 221 g/mol. The highest BCUT2D eigenvalue weighted by molar-refractivity contribution is 6.33. The van der Waals surface area contributed by atoms with Crippen LogP contribution in [0.3, 0.4) is 0 Å². The second-order valence-electron chi connectivity index (χ2n) is 4.24. The van der Waals surface area contributed by atoms with Crippen molar-refractivity contribution in [2.75, 3.05) is 12.4 Å². The SMILES string of the molecule is [B]c1ccc2oc(-c3ccc(NC)cc3)cc2c1. The molecule has 2 radical (unpaired) electrons. The zero-order valence-electron chi connectivity index (χ0n) is 10.1. The number of hydrogen-bond acceptors (Lipinski definition) is 2. The number of benzene rings is 2. The molecule has 1 aromatic heterocycles. The van der Waals surface area contributed by atoms with Crippen LogP contribution in [0.1, 0.15) is 0 Å². The van der Waals surface area contributed by atoms with Crippen molar-refractivity contribution in [2.45, 2.75) is 0 Å². The molecule has 0 spiro atoms. The van der Waals surface area contributed by atoms with Gasteiger partial charge in [-0.3, -0.25) is 0 Å². The Hall–Kier alpha value is -2.16. The first-order valence-electron chi connectivity index (χ1n) is 5.83. The van der Waals surface area contributed by atoms with Crippen molar-refractivity contribution in [1.29, 1.82) is 0 Å². The highest BCUT2D eigenvalue weighted by Crippen LogP contribution is 2.27. The first-order chi connectivity index (χ1) is 8.76. The van der Waals surface area contributed by atoms with Gasteiger partial charge in [0.2, 0.25) is 0 Å². The van der Waals surface area contributed by atoms with Crippen LogP contribution in [0.25, 0.3) is 22.3 Å². The van der Waals surface area contributed by atoms with E-state index in [1.807, 2.05) is 55.6 Å². The Bertz CT molecular complexity index is 685. The second-order valence-corrected chi connectivity index (χ2v) is 4.24. The zero-order valence-corrected chi connectivity index (χ0v) is 10.1. The van der Waals surface area contributed by atoms with Crippen LogP contribution in [0.4, 0.5) is 5.69 Å². The summed E-state index contributed by atoms with van der Waals surface area (Å²) in [5, 5.41) is 4.12. The van der Waals surface area contributed by atoms with Gasteiger partial charge in [-0.15, -0.1) is 0 Å². The molecule has 0 saturated heterocycles. The van der Waals surface area contributed by atoms with Crippen LogP contribution in [-0.4, -0.2) is 14.9 Å². The molecule has 3 heteroatoms. The fourth-order valence-electron chi connectivity index (χ4n) is 2.01. The van der Waals surface area contributed by atoms with E-state index >= 15 is 0 Å². The Kier molecular flexibility index (Phi) is 2.60. The maximum Gasteiger partial charge on any atom is 0.135 e. The summed E-state index contributed by atoms with van der Waals surface area (Å²) in [7, 11) is 7.66. The average Bonchev–Trinajstić information content (AvgIpc) is 2.81. The van der Waals surface area contributed by atoms with Gasteiger partial charge in [0.1, 0.15) is 19.2 Å². The molecule has 0 amide bonds. The van der Waals surface area contributed by atoms with E-state index in [9.17, 15) is 0 Å².